The van der Waals surface area contributed by atoms with Crippen LogP contribution in [0.5, 0.6) is 0 Å². The highest BCUT2D eigenvalue weighted by molar-refractivity contribution is 5.69. The Morgan fingerprint density at radius 2 is 2.18 bits per heavy atom. The van der Waals surface area contributed by atoms with Gasteiger partial charge in [-0.15, -0.1) is 0 Å². The molecule has 86 valence electrons. The maximum Gasteiger partial charge on any atom is 0.0956 e. The van der Waals surface area contributed by atoms with E-state index in [1.54, 1.807) is 0 Å². The highest BCUT2D eigenvalue weighted by Gasteiger charge is 2.53. The van der Waals surface area contributed by atoms with E-state index in [0.29, 0.717) is 0 Å². The molecule has 0 bridgehead atoms. The molecule has 2 heterocycles. The van der Waals surface area contributed by atoms with Gasteiger partial charge in [0.1, 0.15) is 0 Å². The average molecular weight is 226 g/mol. The second-order valence-corrected chi connectivity index (χ2v) is 5.20. The minimum atomic E-state index is 0.0576. The van der Waals surface area contributed by atoms with Crippen LogP contribution in [0.1, 0.15) is 24.4 Å². The lowest BCUT2D eigenvalue weighted by Gasteiger charge is -2.23. The monoisotopic (exact) mass is 226 g/mol. The van der Waals surface area contributed by atoms with Crippen molar-refractivity contribution in [2.45, 2.75) is 18.9 Å². The molecule has 1 unspecified atom stereocenters. The van der Waals surface area contributed by atoms with Gasteiger partial charge in [0.25, 0.3) is 0 Å². The standard InChI is InChI=1S/C14H14N2O/c17-8-14(5-6-14)13-11-4-2-1-3-10(11)12-7-15-9-16(12)13/h1-4,7,9,13,17H,5-6,8H2. The fraction of sp³-hybridized carbons (Fsp3) is 0.357. The summed E-state index contributed by atoms with van der Waals surface area (Å²) < 4.78 is 2.23. The van der Waals surface area contributed by atoms with Gasteiger partial charge < -0.3 is 9.67 Å². The van der Waals surface area contributed by atoms with E-state index in [1.807, 2.05) is 12.5 Å². The SMILES string of the molecule is OCC1(C2c3ccccc3-c3cncn32)CC1. The number of fused-ring (bicyclic) bond motifs is 3. The molecule has 1 aromatic carbocycles. The number of benzene rings is 1. The summed E-state index contributed by atoms with van der Waals surface area (Å²) in [7, 11) is 0. The first-order valence-electron chi connectivity index (χ1n) is 6.08. The number of aliphatic hydroxyl groups is 1. The van der Waals surface area contributed by atoms with Crippen LogP contribution in [-0.2, 0) is 0 Å². The summed E-state index contributed by atoms with van der Waals surface area (Å²) in [5, 5.41) is 9.67. The van der Waals surface area contributed by atoms with E-state index in [2.05, 4.69) is 33.8 Å². The van der Waals surface area contributed by atoms with Gasteiger partial charge in [0, 0.05) is 11.0 Å². The number of imidazole rings is 1. The van der Waals surface area contributed by atoms with Crippen LogP contribution >= 0.6 is 0 Å². The molecule has 0 amide bonds. The predicted octanol–water partition coefficient (Wildman–Crippen LogP) is 2.23. The molecule has 0 saturated heterocycles. The molecule has 3 nitrogen and oxygen atoms in total. The zero-order valence-electron chi connectivity index (χ0n) is 9.50. The largest absolute Gasteiger partial charge is 0.396 e. The van der Waals surface area contributed by atoms with Crippen LogP contribution < -0.4 is 0 Å². The molecule has 0 spiro atoms. The Morgan fingerprint density at radius 1 is 1.35 bits per heavy atom. The van der Waals surface area contributed by atoms with E-state index in [0.717, 1.165) is 12.8 Å². The molecular formula is C14H14N2O. The number of aliphatic hydroxyl groups excluding tert-OH is 1. The van der Waals surface area contributed by atoms with Gasteiger partial charge in [-0.25, -0.2) is 4.98 Å². The Kier molecular flexibility index (Phi) is 1.66. The van der Waals surface area contributed by atoms with E-state index in [1.165, 1.54) is 16.8 Å². The summed E-state index contributed by atoms with van der Waals surface area (Å²) in [6, 6.07) is 8.76. The minimum Gasteiger partial charge on any atom is -0.396 e. The van der Waals surface area contributed by atoms with Crippen molar-refractivity contribution in [3.8, 4) is 11.3 Å². The molecule has 1 N–H and O–H groups in total. The zero-order valence-corrected chi connectivity index (χ0v) is 9.50. The van der Waals surface area contributed by atoms with Gasteiger partial charge in [-0.3, -0.25) is 0 Å². The van der Waals surface area contributed by atoms with Crippen molar-refractivity contribution in [2.24, 2.45) is 5.41 Å². The summed E-state index contributed by atoms with van der Waals surface area (Å²) in [6.45, 7) is 0.267. The van der Waals surface area contributed by atoms with Crippen LogP contribution in [0.4, 0.5) is 0 Å². The van der Waals surface area contributed by atoms with Gasteiger partial charge in [0.15, 0.2) is 0 Å². The highest BCUT2D eigenvalue weighted by Crippen LogP contribution is 2.60. The highest BCUT2D eigenvalue weighted by atomic mass is 16.3. The topological polar surface area (TPSA) is 38.1 Å². The van der Waals surface area contributed by atoms with Crippen molar-refractivity contribution in [3.63, 3.8) is 0 Å². The first-order chi connectivity index (χ1) is 8.36. The Bertz CT molecular complexity index is 583. The second-order valence-electron chi connectivity index (χ2n) is 5.20. The number of aromatic nitrogens is 2. The van der Waals surface area contributed by atoms with Crippen molar-refractivity contribution in [1.29, 1.82) is 0 Å². The Labute approximate surface area is 99.7 Å². The van der Waals surface area contributed by atoms with Crippen LogP contribution in [0.2, 0.25) is 0 Å². The number of hydrogen-bond acceptors (Lipinski definition) is 2. The fourth-order valence-electron chi connectivity index (χ4n) is 3.14. The average Bonchev–Trinajstić information content (AvgIpc) is 2.88. The van der Waals surface area contributed by atoms with Crippen LogP contribution in [-0.4, -0.2) is 21.3 Å². The van der Waals surface area contributed by atoms with E-state index < -0.39 is 0 Å². The normalized spacial score (nSPS) is 23.2. The van der Waals surface area contributed by atoms with Crippen molar-refractivity contribution in [2.75, 3.05) is 6.61 Å². The molecule has 1 saturated carbocycles. The summed E-state index contributed by atoms with van der Waals surface area (Å²) >= 11 is 0. The fourth-order valence-corrected chi connectivity index (χ4v) is 3.14. The van der Waals surface area contributed by atoms with E-state index in [-0.39, 0.29) is 18.1 Å². The van der Waals surface area contributed by atoms with Gasteiger partial charge in [-0.1, -0.05) is 24.3 Å². The van der Waals surface area contributed by atoms with Crippen LogP contribution in [0.15, 0.2) is 36.8 Å². The van der Waals surface area contributed by atoms with Crippen molar-refractivity contribution < 1.29 is 5.11 Å². The van der Waals surface area contributed by atoms with Gasteiger partial charge in [-0.2, -0.15) is 0 Å². The van der Waals surface area contributed by atoms with Gasteiger partial charge in [0.2, 0.25) is 0 Å². The third kappa shape index (κ3) is 1.07. The van der Waals surface area contributed by atoms with E-state index >= 15 is 0 Å². The molecule has 1 aliphatic heterocycles. The molecule has 2 aromatic rings. The molecule has 2 aliphatic rings. The van der Waals surface area contributed by atoms with Gasteiger partial charge >= 0.3 is 0 Å². The molecular weight excluding hydrogens is 212 g/mol. The molecule has 1 aliphatic carbocycles. The third-order valence-electron chi connectivity index (χ3n) is 4.26. The van der Waals surface area contributed by atoms with Crippen LogP contribution in [0.25, 0.3) is 11.3 Å². The molecule has 4 rings (SSSR count). The maximum absolute atomic E-state index is 9.67. The van der Waals surface area contributed by atoms with Gasteiger partial charge in [-0.05, 0) is 18.4 Å². The number of hydrogen-bond donors (Lipinski definition) is 1. The second kappa shape index (κ2) is 2.99. The smallest absolute Gasteiger partial charge is 0.0956 e. The number of nitrogens with zero attached hydrogens (tertiary/aromatic N) is 2. The third-order valence-corrected chi connectivity index (χ3v) is 4.26. The zero-order chi connectivity index (χ0) is 11.5. The molecule has 1 atom stereocenters. The summed E-state index contributed by atoms with van der Waals surface area (Å²) in [6.07, 6.45) is 6.04. The quantitative estimate of drug-likeness (QED) is 0.852. The van der Waals surface area contributed by atoms with Gasteiger partial charge in [0.05, 0.1) is 30.9 Å². The molecule has 17 heavy (non-hydrogen) atoms. The van der Waals surface area contributed by atoms with Crippen molar-refractivity contribution >= 4 is 0 Å². The molecule has 1 aromatic heterocycles. The molecule has 0 radical (unpaired) electrons. The number of rotatable bonds is 2. The predicted molar refractivity (Wildman–Crippen MR) is 64.6 cm³/mol. The summed E-state index contributed by atoms with van der Waals surface area (Å²) in [4.78, 5) is 4.25. The summed E-state index contributed by atoms with van der Waals surface area (Å²) in [5.41, 5.74) is 3.86. The summed E-state index contributed by atoms with van der Waals surface area (Å²) in [5.74, 6) is 0. The lowest BCUT2D eigenvalue weighted by atomic mass is 9.90. The van der Waals surface area contributed by atoms with E-state index in [9.17, 15) is 5.11 Å². The van der Waals surface area contributed by atoms with Crippen LogP contribution in [0.3, 0.4) is 0 Å². The molecule has 1 fully saturated rings. The first-order valence-corrected chi connectivity index (χ1v) is 6.08. The lowest BCUT2D eigenvalue weighted by molar-refractivity contribution is 0.177. The lowest BCUT2D eigenvalue weighted by Crippen LogP contribution is -2.22. The Hall–Kier alpha value is -1.61. The van der Waals surface area contributed by atoms with Crippen LogP contribution in [0, 0.1) is 5.41 Å². The van der Waals surface area contributed by atoms with Crippen molar-refractivity contribution in [3.05, 3.63) is 42.4 Å². The molecule has 3 heteroatoms. The maximum atomic E-state index is 9.67. The Balaban J connectivity index is 1.97. The van der Waals surface area contributed by atoms with E-state index in [4.69, 9.17) is 0 Å². The van der Waals surface area contributed by atoms with Crippen molar-refractivity contribution in [1.82, 2.24) is 9.55 Å². The minimum absolute atomic E-state index is 0.0576. The first kappa shape index (κ1) is 9.42. The Morgan fingerprint density at radius 3 is 2.94 bits per heavy atom.